The van der Waals surface area contributed by atoms with Crippen molar-refractivity contribution in [3.05, 3.63) is 29.0 Å². The third-order valence-electron chi connectivity index (χ3n) is 3.13. The molecule has 0 unspecified atom stereocenters. The lowest BCUT2D eigenvalue weighted by Crippen LogP contribution is -2.40. The average molecular weight is 287 g/mol. The topological polar surface area (TPSA) is 52.6 Å². The molecule has 0 aromatic heterocycles. The Hall–Kier alpha value is -1.17. The lowest BCUT2D eigenvalue weighted by molar-refractivity contribution is -0.117. The molecule has 1 amide bonds. The average Bonchev–Trinajstić information content (AvgIpc) is 2.37. The fourth-order valence-corrected chi connectivity index (χ4v) is 2.24. The van der Waals surface area contributed by atoms with E-state index in [1.165, 1.54) is 18.2 Å². The number of aliphatic hydroxyl groups excluding tert-OH is 1. The van der Waals surface area contributed by atoms with Gasteiger partial charge >= 0.3 is 0 Å². The molecule has 0 radical (unpaired) electrons. The van der Waals surface area contributed by atoms with E-state index in [9.17, 15) is 14.3 Å². The summed E-state index contributed by atoms with van der Waals surface area (Å²) < 4.78 is 13.4. The molecule has 0 spiro atoms. The maximum Gasteiger partial charge on any atom is 0.238 e. The minimum Gasteiger partial charge on any atom is -0.393 e. The number of hydrogen-bond donors (Lipinski definition) is 2. The first-order valence-electron chi connectivity index (χ1n) is 6.20. The summed E-state index contributed by atoms with van der Waals surface area (Å²) >= 11 is 5.75. The molecular weight excluding hydrogens is 271 g/mol. The monoisotopic (exact) mass is 286 g/mol. The molecule has 2 rings (SSSR count). The second-order valence-electron chi connectivity index (χ2n) is 4.68. The van der Waals surface area contributed by atoms with E-state index in [-0.39, 0.29) is 24.2 Å². The molecule has 104 valence electrons. The van der Waals surface area contributed by atoms with Crippen LogP contribution < -0.4 is 5.32 Å². The minimum absolute atomic E-state index is 0.0922. The summed E-state index contributed by atoms with van der Waals surface area (Å²) in [4.78, 5) is 13.7. The summed E-state index contributed by atoms with van der Waals surface area (Å²) in [6.07, 6.45) is 1.06. The van der Waals surface area contributed by atoms with Crippen LogP contribution in [0, 0.1) is 5.82 Å². The van der Waals surface area contributed by atoms with Crippen molar-refractivity contribution in [3.63, 3.8) is 0 Å². The van der Waals surface area contributed by atoms with E-state index >= 15 is 0 Å². The zero-order valence-electron chi connectivity index (χ0n) is 10.4. The molecule has 0 aliphatic carbocycles. The number of carbonyl (C=O) groups is 1. The summed E-state index contributed by atoms with van der Waals surface area (Å²) in [6.45, 7) is 1.54. The first kappa shape index (κ1) is 14.2. The van der Waals surface area contributed by atoms with E-state index in [2.05, 4.69) is 5.32 Å². The zero-order valence-corrected chi connectivity index (χ0v) is 11.2. The third-order valence-corrected chi connectivity index (χ3v) is 3.36. The van der Waals surface area contributed by atoms with Gasteiger partial charge in [0, 0.05) is 18.1 Å². The maximum atomic E-state index is 13.4. The predicted octanol–water partition coefficient (Wildman–Crippen LogP) is 1.87. The molecular formula is C13H16ClFN2O2. The highest BCUT2D eigenvalue weighted by Crippen LogP contribution is 2.19. The molecule has 0 saturated carbocycles. The van der Waals surface area contributed by atoms with Gasteiger partial charge < -0.3 is 10.4 Å². The summed E-state index contributed by atoms with van der Waals surface area (Å²) in [5.41, 5.74) is 0.0922. The van der Waals surface area contributed by atoms with Crippen molar-refractivity contribution in [1.29, 1.82) is 0 Å². The summed E-state index contributed by atoms with van der Waals surface area (Å²) in [5, 5.41) is 12.3. The van der Waals surface area contributed by atoms with Gasteiger partial charge in [0.25, 0.3) is 0 Å². The number of carbonyl (C=O) groups excluding carboxylic acids is 1. The molecule has 4 nitrogen and oxygen atoms in total. The van der Waals surface area contributed by atoms with Crippen LogP contribution in [0.5, 0.6) is 0 Å². The predicted molar refractivity (Wildman–Crippen MR) is 71.7 cm³/mol. The number of likely N-dealkylation sites (tertiary alicyclic amines) is 1. The fraction of sp³-hybridized carbons (Fsp3) is 0.462. The molecule has 1 aromatic rings. The van der Waals surface area contributed by atoms with Crippen molar-refractivity contribution >= 4 is 23.2 Å². The van der Waals surface area contributed by atoms with Gasteiger partial charge in [-0.3, -0.25) is 9.69 Å². The van der Waals surface area contributed by atoms with Crippen molar-refractivity contribution in [1.82, 2.24) is 4.90 Å². The Labute approximate surface area is 116 Å². The molecule has 1 heterocycles. The second kappa shape index (κ2) is 6.32. The van der Waals surface area contributed by atoms with E-state index < -0.39 is 5.82 Å². The van der Waals surface area contributed by atoms with Crippen LogP contribution >= 0.6 is 11.6 Å². The number of nitrogens with one attached hydrogen (secondary N) is 1. The largest absolute Gasteiger partial charge is 0.393 e. The van der Waals surface area contributed by atoms with Gasteiger partial charge in [-0.15, -0.1) is 0 Å². The smallest absolute Gasteiger partial charge is 0.238 e. The Morgan fingerprint density at radius 2 is 2.16 bits per heavy atom. The van der Waals surface area contributed by atoms with Crippen molar-refractivity contribution in [2.45, 2.75) is 18.9 Å². The number of benzene rings is 1. The molecule has 2 N–H and O–H groups in total. The van der Waals surface area contributed by atoms with Gasteiger partial charge in [0.1, 0.15) is 5.82 Å². The Morgan fingerprint density at radius 1 is 1.47 bits per heavy atom. The van der Waals surface area contributed by atoms with Crippen LogP contribution in [0.25, 0.3) is 0 Å². The lowest BCUT2D eigenvalue weighted by atomic mass is 10.1. The number of rotatable bonds is 3. The number of anilines is 1. The van der Waals surface area contributed by atoms with Crippen LogP contribution in [0.3, 0.4) is 0 Å². The van der Waals surface area contributed by atoms with Crippen molar-refractivity contribution in [2.75, 3.05) is 25.0 Å². The zero-order chi connectivity index (χ0) is 13.8. The summed E-state index contributed by atoms with van der Waals surface area (Å²) in [7, 11) is 0. The SMILES string of the molecule is O=C(CN1CCC(O)CC1)Nc1cc(Cl)ccc1F. The number of aliphatic hydroxyl groups is 1. The number of halogens is 2. The van der Waals surface area contributed by atoms with Crippen LogP contribution in [-0.2, 0) is 4.79 Å². The maximum absolute atomic E-state index is 13.4. The standard InChI is InChI=1S/C13H16ClFN2O2/c14-9-1-2-11(15)12(7-9)16-13(19)8-17-5-3-10(18)4-6-17/h1-2,7,10,18H,3-6,8H2,(H,16,19). The van der Waals surface area contributed by atoms with Gasteiger partial charge in [-0.1, -0.05) is 11.6 Å². The molecule has 6 heteroatoms. The van der Waals surface area contributed by atoms with Crippen LogP contribution in [-0.4, -0.2) is 41.7 Å². The summed E-state index contributed by atoms with van der Waals surface area (Å²) in [5.74, 6) is -0.788. The van der Waals surface area contributed by atoms with E-state index in [0.29, 0.717) is 31.0 Å². The second-order valence-corrected chi connectivity index (χ2v) is 5.12. The van der Waals surface area contributed by atoms with Crippen molar-refractivity contribution in [2.24, 2.45) is 0 Å². The molecule has 0 atom stereocenters. The van der Waals surface area contributed by atoms with E-state index in [0.717, 1.165) is 0 Å². The Balaban J connectivity index is 1.89. The minimum atomic E-state index is -0.508. The van der Waals surface area contributed by atoms with Crippen LogP contribution in [0.15, 0.2) is 18.2 Å². The van der Waals surface area contributed by atoms with Gasteiger partial charge in [0.05, 0.1) is 18.3 Å². The summed E-state index contributed by atoms with van der Waals surface area (Å²) in [6, 6.07) is 4.03. The van der Waals surface area contributed by atoms with Gasteiger partial charge in [0.15, 0.2) is 0 Å². The molecule has 1 aromatic carbocycles. The molecule has 1 saturated heterocycles. The Kier molecular flexibility index (Phi) is 4.74. The van der Waals surface area contributed by atoms with Gasteiger partial charge in [0.2, 0.25) is 5.91 Å². The van der Waals surface area contributed by atoms with E-state index in [1.54, 1.807) is 0 Å². The number of amides is 1. The number of hydrogen-bond acceptors (Lipinski definition) is 3. The molecule has 1 aliphatic heterocycles. The highest BCUT2D eigenvalue weighted by Gasteiger charge is 2.19. The normalized spacial score (nSPS) is 17.4. The first-order valence-corrected chi connectivity index (χ1v) is 6.58. The molecule has 0 bridgehead atoms. The quantitative estimate of drug-likeness (QED) is 0.892. The highest BCUT2D eigenvalue weighted by molar-refractivity contribution is 6.30. The van der Waals surface area contributed by atoms with Gasteiger partial charge in [-0.2, -0.15) is 0 Å². The fourth-order valence-electron chi connectivity index (χ4n) is 2.06. The van der Waals surface area contributed by atoms with Crippen LogP contribution in [0.2, 0.25) is 5.02 Å². The highest BCUT2D eigenvalue weighted by atomic mass is 35.5. The van der Waals surface area contributed by atoms with Crippen LogP contribution in [0.1, 0.15) is 12.8 Å². The Morgan fingerprint density at radius 3 is 2.84 bits per heavy atom. The number of nitrogens with zero attached hydrogens (tertiary/aromatic N) is 1. The first-order chi connectivity index (χ1) is 9.04. The van der Waals surface area contributed by atoms with Crippen molar-refractivity contribution in [3.8, 4) is 0 Å². The van der Waals surface area contributed by atoms with Gasteiger partial charge in [-0.25, -0.2) is 4.39 Å². The molecule has 1 fully saturated rings. The molecule has 19 heavy (non-hydrogen) atoms. The Bertz CT molecular complexity index is 462. The molecule has 1 aliphatic rings. The lowest BCUT2D eigenvalue weighted by Gasteiger charge is -2.28. The van der Waals surface area contributed by atoms with Crippen molar-refractivity contribution < 1.29 is 14.3 Å². The van der Waals surface area contributed by atoms with E-state index in [4.69, 9.17) is 11.6 Å². The third kappa shape index (κ3) is 4.16. The van der Waals surface area contributed by atoms with Gasteiger partial charge in [-0.05, 0) is 31.0 Å². The van der Waals surface area contributed by atoms with Crippen LogP contribution in [0.4, 0.5) is 10.1 Å². The van der Waals surface area contributed by atoms with E-state index in [1.807, 2.05) is 4.90 Å². The number of piperidine rings is 1.